The highest BCUT2D eigenvalue weighted by Crippen LogP contribution is 2.14. The topological polar surface area (TPSA) is 29.3 Å². The van der Waals surface area contributed by atoms with E-state index >= 15 is 0 Å². The Labute approximate surface area is 72.3 Å². The zero-order valence-electron chi connectivity index (χ0n) is 7.42. The maximum absolute atomic E-state index is 5.00. The summed E-state index contributed by atoms with van der Waals surface area (Å²) in [6.07, 6.45) is 4.50. The molecular weight excluding hydrogens is 152 g/mol. The van der Waals surface area contributed by atoms with Crippen molar-refractivity contribution in [1.29, 1.82) is 0 Å². The van der Waals surface area contributed by atoms with Crippen molar-refractivity contribution in [3.63, 3.8) is 0 Å². The number of aromatic nitrogens is 1. The summed E-state index contributed by atoms with van der Waals surface area (Å²) in [4.78, 5) is 2.44. The summed E-state index contributed by atoms with van der Waals surface area (Å²) < 4.78 is 5.00. The van der Waals surface area contributed by atoms with E-state index in [-0.39, 0.29) is 0 Å². The van der Waals surface area contributed by atoms with Crippen LogP contribution in [0.2, 0.25) is 0 Å². The minimum absolute atomic E-state index is 0.960. The van der Waals surface area contributed by atoms with Crippen LogP contribution in [0, 0.1) is 6.92 Å². The summed E-state index contributed by atoms with van der Waals surface area (Å²) in [6, 6.07) is 0. The van der Waals surface area contributed by atoms with Crippen LogP contribution < -0.4 is 0 Å². The summed E-state index contributed by atoms with van der Waals surface area (Å²) in [5, 5.41) is 3.76. The number of hydrogen-bond donors (Lipinski definition) is 0. The highest BCUT2D eigenvalue weighted by atomic mass is 16.5. The highest BCUT2D eigenvalue weighted by Gasteiger charge is 2.13. The van der Waals surface area contributed by atoms with E-state index in [1.807, 2.05) is 13.1 Å². The average Bonchev–Trinajstić information content (AvgIpc) is 2.65. The van der Waals surface area contributed by atoms with E-state index in [0.29, 0.717) is 0 Å². The van der Waals surface area contributed by atoms with Gasteiger partial charge in [0.2, 0.25) is 0 Å². The van der Waals surface area contributed by atoms with Crippen LogP contribution in [0.1, 0.15) is 24.2 Å². The summed E-state index contributed by atoms with van der Waals surface area (Å²) in [6.45, 7) is 5.43. The van der Waals surface area contributed by atoms with Crippen molar-refractivity contribution in [2.75, 3.05) is 13.1 Å². The molecule has 0 unspecified atom stereocenters. The molecule has 2 rings (SSSR count). The van der Waals surface area contributed by atoms with Gasteiger partial charge in [-0.25, -0.2) is 0 Å². The molecule has 1 fully saturated rings. The zero-order chi connectivity index (χ0) is 8.39. The summed E-state index contributed by atoms with van der Waals surface area (Å²) in [5.41, 5.74) is 1.23. The molecule has 3 heteroatoms. The number of nitrogens with zero attached hydrogens (tertiary/aromatic N) is 2. The minimum atomic E-state index is 0.960. The van der Waals surface area contributed by atoms with Crippen LogP contribution >= 0.6 is 0 Å². The van der Waals surface area contributed by atoms with Crippen molar-refractivity contribution in [2.45, 2.75) is 26.3 Å². The fraction of sp³-hybridized carbons (Fsp3) is 0.667. The maximum Gasteiger partial charge on any atom is 0.138 e. The van der Waals surface area contributed by atoms with E-state index in [1.165, 1.54) is 31.5 Å². The first-order chi connectivity index (χ1) is 5.86. The van der Waals surface area contributed by atoms with Gasteiger partial charge in [0.1, 0.15) is 5.76 Å². The first kappa shape index (κ1) is 7.80. The molecule has 0 amide bonds. The molecule has 0 aliphatic carbocycles. The van der Waals surface area contributed by atoms with E-state index < -0.39 is 0 Å². The lowest BCUT2D eigenvalue weighted by Gasteiger charge is -2.12. The largest absolute Gasteiger partial charge is 0.361 e. The molecule has 1 aliphatic rings. The Morgan fingerprint density at radius 1 is 1.50 bits per heavy atom. The standard InChI is InChI=1S/C9H14N2O/c1-8-9(6-10-12-8)7-11-4-2-3-5-11/h6H,2-5,7H2,1H3. The van der Waals surface area contributed by atoms with Gasteiger partial charge < -0.3 is 4.52 Å². The molecule has 12 heavy (non-hydrogen) atoms. The second-order valence-electron chi connectivity index (χ2n) is 3.39. The number of aryl methyl sites for hydroxylation is 1. The fourth-order valence-corrected chi connectivity index (χ4v) is 1.65. The van der Waals surface area contributed by atoms with Crippen molar-refractivity contribution in [1.82, 2.24) is 10.1 Å². The Hall–Kier alpha value is -0.830. The Morgan fingerprint density at radius 3 is 2.83 bits per heavy atom. The van der Waals surface area contributed by atoms with Gasteiger partial charge in [0.05, 0.1) is 6.20 Å². The minimum Gasteiger partial charge on any atom is -0.361 e. The van der Waals surface area contributed by atoms with E-state index in [4.69, 9.17) is 4.52 Å². The Balaban J connectivity index is 1.98. The lowest BCUT2D eigenvalue weighted by atomic mass is 10.2. The molecule has 0 radical (unpaired) electrons. The van der Waals surface area contributed by atoms with Crippen LogP contribution in [-0.4, -0.2) is 23.1 Å². The predicted molar refractivity (Wildman–Crippen MR) is 45.8 cm³/mol. The first-order valence-electron chi connectivity index (χ1n) is 4.49. The van der Waals surface area contributed by atoms with E-state index in [1.54, 1.807) is 0 Å². The average molecular weight is 166 g/mol. The van der Waals surface area contributed by atoms with Crippen molar-refractivity contribution < 1.29 is 4.52 Å². The molecule has 3 nitrogen and oxygen atoms in total. The molecule has 0 bridgehead atoms. The van der Waals surface area contributed by atoms with Crippen LogP contribution in [0.25, 0.3) is 0 Å². The quantitative estimate of drug-likeness (QED) is 0.668. The Morgan fingerprint density at radius 2 is 2.25 bits per heavy atom. The van der Waals surface area contributed by atoms with Gasteiger partial charge in [-0.05, 0) is 32.9 Å². The van der Waals surface area contributed by atoms with Gasteiger partial charge >= 0.3 is 0 Å². The first-order valence-corrected chi connectivity index (χ1v) is 4.49. The monoisotopic (exact) mass is 166 g/mol. The maximum atomic E-state index is 5.00. The van der Waals surface area contributed by atoms with Gasteiger partial charge in [0.15, 0.2) is 0 Å². The molecule has 1 aliphatic heterocycles. The predicted octanol–water partition coefficient (Wildman–Crippen LogP) is 1.58. The highest BCUT2D eigenvalue weighted by molar-refractivity contribution is 5.11. The van der Waals surface area contributed by atoms with Crippen molar-refractivity contribution in [2.24, 2.45) is 0 Å². The molecule has 2 heterocycles. The third-order valence-corrected chi connectivity index (χ3v) is 2.44. The summed E-state index contributed by atoms with van der Waals surface area (Å²) in [7, 11) is 0. The second kappa shape index (κ2) is 3.27. The van der Waals surface area contributed by atoms with Gasteiger partial charge in [0.25, 0.3) is 0 Å². The molecular formula is C9H14N2O. The van der Waals surface area contributed by atoms with Crippen LogP contribution in [0.15, 0.2) is 10.7 Å². The van der Waals surface area contributed by atoms with Crippen molar-refractivity contribution in [3.05, 3.63) is 17.5 Å². The van der Waals surface area contributed by atoms with Gasteiger partial charge in [-0.3, -0.25) is 4.90 Å². The summed E-state index contributed by atoms with van der Waals surface area (Å²) >= 11 is 0. The smallest absolute Gasteiger partial charge is 0.138 e. The number of likely N-dealkylation sites (tertiary alicyclic amines) is 1. The van der Waals surface area contributed by atoms with Crippen LogP contribution in [0.5, 0.6) is 0 Å². The second-order valence-corrected chi connectivity index (χ2v) is 3.39. The number of rotatable bonds is 2. The molecule has 0 atom stereocenters. The molecule has 0 aromatic carbocycles. The lowest BCUT2D eigenvalue weighted by molar-refractivity contribution is 0.326. The normalized spacial score (nSPS) is 18.8. The molecule has 0 saturated carbocycles. The lowest BCUT2D eigenvalue weighted by Crippen LogP contribution is -2.18. The molecule has 0 N–H and O–H groups in total. The zero-order valence-corrected chi connectivity index (χ0v) is 7.42. The van der Waals surface area contributed by atoms with E-state index in [0.717, 1.165) is 12.3 Å². The van der Waals surface area contributed by atoms with E-state index in [9.17, 15) is 0 Å². The summed E-state index contributed by atoms with van der Waals surface area (Å²) in [5.74, 6) is 0.960. The van der Waals surface area contributed by atoms with Gasteiger partial charge in [-0.15, -0.1) is 0 Å². The van der Waals surface area contributed by atoms with Crippen LogP contribution in [0.3, 0.4) is 0 Å². The van der Waals surface area contributed by atoms with Crippen LogP contribution in [0.4, 0.5) is 0 Å². The number of hydrogen-bond acceptors (Lipinski definition) is 3. The molecule has 1 aromatic heterocycles. The third kappa shape index (κ3) is 1.50. The van der Waals surface area contributed by atoms with Crippen LogP contribution in [-0.2, 0) is 6.54 Å². The SMILES string of the molecule is Cc1oncc1CN1CCCC1. The Kier molecular flexibility index (Phi) is 2.13. The third-order valence-electron chi connectivity index (χ3n) is 2.44. The van der Waals surface area contributed by atoms with Crippen molar-refractivity contribution in [3.8, 4) is 0 Å². The molecule has 1 saturated heterocycles. The molecule has 66 valence electrons. The van der Waals surface area contributed by atoms with E-state index in [2.05, 4.69) is 10.1 Å². The van der Waals surface area contributed by atoms with Gasteiger partial charge in [0, 0.05) is 12.1 Å². The van der Waals surface area contributed by atoms with Gasteiger partial charge in [-0.2, -0.15) is 0 Å². The molecule has 1 aromatic rings. The fourth-order valence-electron chi connectivity index (χ4n) is 1.65. The van der Waals surface area contributed by atoms with Gasteiger partial charge in [-0.1, -0.05) is 5.16 Å². The Bertz CT molecular complexity index is 251. The van der Waals surface area contributed by atoms with Crippen molar-refractivity contribution >= 4 is 0 Å². The molecule has 0 spiro atoms.